The fourth-order valence-electron chi connectivity index (χ4n) is 14.5. The van der Waals surface area contributed by atoms with Crippen LogP contribution in [0.1, 0.15) is 67.5 Å². The molecule has 0 aliphatic carbocycles. The van der Waals surface area contributed by atoms with E-state index in [4.69, 9.17) is 99.3 Å². The number of halogens is 2. The highest BCUT2D eigenvalue weighted by Crippen LogP contribution is 2.50. The van der Waals surface area contributed by atoms with Gasteiger partial charge < -0.3 is 124 Å². The third kappa shape index (κ3) is 36.1. The second-order valence-corrected chi connectivity index (χ2v) is 33.9. The first kappa shape index (κ1) is 111. The third-order valence-corrected chi connectivity index (χ3v) is 23.6. The maximum absolute atomic E-state index is 14.6. The van der Waals surface area contributed by atoms with Crippen molar-refractivity contribution in [3.8, 4) is 56.1 Å². The van der Waals surface area contributed by atoms with E-state index >= 15 is 0 Å². The summed E-state index contributed by atoms with van der Waals surface area (Å²) in [5.74, 6) is -4.48. The Kier molecular flexibility index (Phi) is 46.2. The Bertz CT molecular complexity index is 5610. The summed E-state index contributed by atoms with van der Waals surface area (Å²) < 4.78 is 94.5. The van der Waals surface area contributed by atoms with Crippen molar-refractivity contribution in [3.63, 3.8) is 0 Å². The lowest BCUT2D eigenvalue weighted by Crippen LogP contribution is -2.54. The number of rotatable bonds is 64. The van der Waals surface area contributed by atoms with Gasteiger partial charge in [0.1, 0.15) is 78.4 Å². The molecule has 10 rings (SSSR count). The molecule has 1 unspecified atom stereocenters. The molecular weight excluding hydrogens is 1910 g/mol. The zero-order valence-corrected chi connectivity index (χ0v) is 81.5. The van der Waals surface area contributed by atoms with Gasteiger partial charge in [0.05, 0.1) is 141 Å². The van der Waals surface area contributed by atoms with Gasteiger partial charge in [-0.25, -0.2) is 49.0 Å². The number of ether oxygens (including phenoxy) is 14. The number of para-hydroxylation sites is 2. The van der Waals surface area contributed by atoms with Gasteiger partial charge in [0.15, 0.2) is 12.1 Å². The summed E-state index contributed by atoms with van der Waals surface area (Å²) >= 11 is 8.55. The number of piperazine rings is 1. The molecule has 11 N–H and O–H groups in total. The van der Waals surface area contributed by atoms with Crippen LogP contribution >= 0.6 is 22.9 Å². The molecule has 0 saturated carbocycles. The van der Waals surface area contributed by atoms with E-state index in [0.29, 0.717) is 148 Å². The molecule has 0 radical (unpaired) electrons. The summed E-state index contributed by atoms with van der Waals surface area (Å²) in [6, 6.07) is 27.0. The Morgan fingerprint density at radius 2 is 1.37 bits per heavy atom. The van der Waals surface area contributed by atoms with E-state index in [9.17, 15) is 62.5 Å². The summed E-state index contributed by atoms with van der Waals surface area (Å²) in [6.07, 6.45) is 2.19. The fraction of sp³-hybridized carbons (Fsp3) is 0.443. The highest BCUT2D eigenvalue weighted by atomic mass is 35.5. The van der Waals surface area contributed by atoms with Crippen LogP contribution in [0.15, 0.2) is 151 Å². The van der Waals surface area contributed by atoms with Crippen molar-refractivity contribution in [2.24, 2.45) is 16.8 Å². The van der Waals surface area contributed by atoms with Gasteiger partial charge in [-0.2, -0.15) is 5.11 Å². The predicted molar refractivity (Wildman–Crippen MR) is 517 cm³/mol. The van der Waals surface area contributed by atoms with Gasteiger partial charge in [-0.05, 0) is 114 Å². The third-order valence-electron chi connectivity index (χ3n) is 22.0. The number of aliphatic carboxylic acids is 2. The SMILES string of the molecule is COc1ccccc1-c1nccc(COc2ccccc2C[C@@H](Oc2ncnc3sc(-c4ccc(F)cc4)c(-c4ccc(OCCN5CCN(C(=O)OCc6ccc(NC(=O)[C@H](CCCNC(N)=O)NC(=O)[C@@H](NC(=O)CCOCCN7C(=O)C=CC7=O)C(C)C)cc6CN(C)C(=O)OC/C(=C/NCCOCCOCCOCCOCCOCCOC(CO)OCCC(=O)O)N=N)CC5)c(Cl)c4C)c23)C(=O)O)n1. The number of primary amides is 1. The number of urea groups is 1. The number of nitrogens with one attached hydrogen (secondary N) is 6. The number of nitrogens with zero attached hydrogens (tertiary/aromatic N) is 9. The van der Waals surface area contributed by atoms with Crippen LogP contribution in [-0.4, -0.2) is 318 Å². The number of anilines is 1. The van der Waals surface area contributed by atoms with Crippen molar-refractivity contribution < 1.29 is 134 Å². The molecule has 5 heterocycles. The molecule has 4 atom stereocenters. The van der Waals surface area contributed by atoms with Crippen LogP contribution in [0.3, 0.4) is 0 Å². The number of aromatic nitrogens is 4. The number of carboxylic acids is 2. The Morgan fingerprint density at radius 1 is 0.692 bits per heavy atom. The number of aliphatic hydroxyl groups excluding tert-OH is 1. The van der Waals surface area contributed by atoms with Crippen molar-refractivity contribution >= 4 is 98.5 Å². The van der Waals surface area contributed by atoms with Crippen LogP contribution in [0.2, 0.25) is 5.02 Å². The molecule has 3 aromatic heterocycles. The molecule has 9 amide bonds. The number of nitrogens with two attached hydrogens (primary N) is 1. The molecule has 2 aliphatic rings. The molecule has 2 aliphatic heterocycles. The summed E-state index contributed by atoms with van der Waals surface area (Å²) in [5, 5.41) is 46.8. The average Bonchev–Trinajstić information content (AvgIpc) is 1.59. The van der Waals surface area contributed by atoms with Crippen molar-refractivity contribution in [2.45, 2.75) is 97.1 Å². The van der Waals surface area contributed by atoms with Gasteiger partial charge in [0.25, 0.3) is 11.8 Å². The number of methoxy groups -OCH3 is 1. The van der Waals surface area contributed by atoms with E-state index in [1.165, 1.54) is 54.0 Å². The topological polar surface area (TPSA) is 548 Å². The summed E-state index contributed by atoms with van der Waals surface area (Å²) in [5.41, 5.74) is 18.3. The van der Waals surface area contributed by atoms with E-state index < -0.39 is 109 Å². The molecule has 0 bridgehead atoms. The van der Waals surface area contributed by atoms with Gasteiger partial charge in [0.2, 0.25) is 29.7 Å². The average molecular weight is 2030 g/mol. The quantitative estimate of drug-likeness (QED) is 0.00736. The van der Waals surface area contributed by atoms with Gasteiger partial charge in [-0.1, -0.05) is 80.0 Å². The lowest BCUT2D eigenvalue weighted by atomic mass is 9.96. The van der Waals surface area contributed by atoms with Crippen molar-refractivity contribution in [2.75, 3.05) is 184 Å². The minimum absolute atomic E-state index is 0.0200. The minimum Gasteiger partial charge on any atom is -0.496 e. The van der Waals surface area contributed by atoms with Gasteiger partial charge >= 0.3 is 30.2 Å². The molecular formula is C97H120ClFN16O27S. The Balaban J connectivity index is 0.736. The number of aliphatic hydroxyl groups is 1. The maximum atomic E-state index is 14.6. The number of thiophene rings is 1. The summed E-state index contributed by atoms with van der Waals surface area (Å²) in [4.78, 5) is 155. The normalized spacial score (nSPS) is 13.5. The highest BCUT2D eigenvalue weighted by molar-refractivity contribution is 7.22. The fourth-order valence-corrected chi connectivity index (χ4v) is 15.8. The summed E-state index contributed by atoms with van der Waals surface area (Å²) in [6.45, 7) is 8.81. The Morgan fingerprint density at radius 3 is 2.05 bits per heavy atom. The van der Waals surface area contributed by atoms with Crippen LogP contribution in [0.4, 0.5) is 24.5 Å². The smallest absolute Gasteiger partial charge is 0.410 e. The van der Waals surface area contributed by atoms with Crippen molar-refractivity contribution in [1.82, 2.24) is 60.8 Å². The molecule has 770 valence electrons. The zero-order chi connectivity index (χ0) is 102. The maximum Gasteiger partial charge on any atom is 0.410 e. The van der Waals surface area contributed by atoms with Crippen molar-refractivity contribution in [3.05, 3.63) is 185 Å². The molecule has 8 aromatic rings. The van der Waals surface area contributed by atoms with Gasteiger partial charge in [-0.15, -0.1) is 11.3 Å². The first-order valence-electron chi connectivity index (χ1n) is 46.1. The van der Waals surface area contributed by atoms with Crippen LogP contribution in [0, 0.1) is 24.2 Å². The van der Waals surface area contributed by atoms with Gasteiger partial charge in [0, 0.05) is 113 Å². The lowest BCUT2D eigenvalue weighted by molar-refractivity contribution is -0.173. The molecule has 143 heavy (non-hydrogen) atoms. The zero-order valence-electron chi connectivity index (χ0n) is 79.9. The molecule has 5 aromatic carbocycles. The minimum atomic E-state index is -1.50. The number of amides is 9. The predicted octanol–water partition coefficient (Wildman–Crippen LogP) is 8.86. The number of hydrogen-bond donors (Lipinski definition) is 10. The molecule has 43 nitrogen and oxygen atoms in total. The van der Waals surface area contributed by atoms with E-state index in [2.05, 4.69) is 51.6 Å². The largest absolute Gasteiger partial charge is 0.496 e. The van der Waals surface area contributed by atoms with E-state index in [1.807, 2.05) is 37.3 Å². The van der Waals surface area contributed by atoms with Crippen LogP contribution in [-0.2, 0) is 107 Å². The molecule has 1 fully saturated rings. The second kappa shape index (κ2) is 59.4. The van der Waals surface area contributed by atoms with E-state index in [1.54, 1.807) is 92.7 Å². The lowest BCUT2D eigenvalue weighted by Gasteiger charge is -2.34. The van der Waals surface area contributed by atoms with Gasteiger partial charge in [-0.3, -0.25) is 38.6 Å². The number of carboxylic acid groups (broad SMARTS) is 2. The number of fused-ring (bicyclic) bond motifs is 1. The molecule has 0 spiro atoms. The first-order valence-corrected chi connectivity index (χ1v) is 47.3. The van der Waals surface area contributed by atoms with Crippen LogP contribution < -0.4 is 51.3 Å². The monoisotopic (exact) mass is 2030 g/mol. The number of imide groups is 1. The molecule has 46 heteroatoms. The van der Waals surface area contributed by atoms with Crippen LogP contribution in [0.5, 0.6) is 23.1 Å². The van der Waals surface area contributed by atoms with Crippen molar-refractivity contribution in [1.29, 1.82) is 5.53 Å². The number of benzene rings is 5. The number of carbonyl (C=O) groups excluding carboxylic acids is 8. The number of hydrogen-bond acceptors (Lipinski definition) is 34. The Labute approximate surface area is 833 Å². The second-order valence-electron chi connectivity index (χ2n) is 32.5. The highest BCUT2D eigenvalue weighted by Gasteiger charge is 2.34. The number of carbonyl (C=O) groups is 10. The molecule has 1 saturated heterocycles. The van der Waals surface area contributed by atoms with E-state index in [-0.39, 0.29) is 166 Å². The summed E-state index contributed by atoms with van der Waals surface area (Å²) in [7, 11) is 3.00. The first-order chi connectivity index (χ1) is 69.2. The van der Waals surface area contributed by atoms with Crippen LogP contribution in [0.25, 0.3) is 43.2 Å². The Hall–Kier alpha value is -13.6. The van der Waals surface area contributed by atoms with E-state index in [0.717, 1.165) is 17.1 Å². The standard InChI is InChI=1S/C97H120ClFN16O27S/c1-62(2)87(110-79(117)27-38-130-41-37-115-80(118)24-25-81(115)119)91(123)109-74(13-10-29-104-95(100)126)90(122)108-69-21-18-66(67(53-69)56-112(4)96(127)141-60-71(111-101)55-102-31-40-131-43-44-132-45-46-133-47-48-134-49-50-135-51-52-138-83(57-116)137-39-28-82(120)121)58-140-97(128)114-34-32-113(33-35-114)36-42-136-77-23-22-72(63(3)86(77)98)84-85-92(105-61-106-93(85)143-88(84)64-16-19-68(99)20-17-64)142-78(94(124)125)54-65-11-6-8-14-75(65)139-59-70-26-30-103-89(107-70)73-12-7-9-15-76(73)129-5/h6-9,11-12,14-26,30,53,55,61-62,74,78,83,87,101-102,116H,10,13,27-29,31-52,54,56-60H2,1-5H3,(H,108,122)(H,109,123)(H,110,117)(H,120,121)(H,124,125)(H3,100,104,126)/b71-55-,111-101?/t74-,78+,83?,87-/m0/s1.